The van der Waals surface area contributed by atoms with Crippen molar-refractivity contribution in [1.82, 2.24) is 19.6 Å². The highest BCUT2D eigenvalue weighted by Crippen LogP contribution is 2.17. The first-order valence-corrected chi connectivity index (χ1v) is 9.42. The van der Waals surface area contributed by atoms with Crippen LogP contribution in [0.5, 0.6) is 0 Å². The van der Waals surface area contributed by atoms with Gasteiger partial charge >= 0.3 is 0 Å². The van der Waals surface area contributed by atoms with E-state index in [1.807, 2.05) is 12.1 Å². The maximum absolute atomic E-state index is 4.67. The summed E-state index contributed by atoms with van der Waals surface area (Å²) >= 11 is 0. The maximum Gasteiger partial charge on any atom is 0.0648 e. The van der Waals surface area contributed by atoms with Crippen molar-refractivity contribution in [2.45, 2.75) is 33.1 Å². The van der Waals surface area contributed by atoms with Crippen LogP contribution in [0.1, 0.15) is 29.2 Å². The van der Waals surface area contributed by atoms with Crippen molar-refractivity contribution in [2.75, 3.05) is 0 Å². The van der Waals surface area contributed by atoms with Crippen LogP contribution in [-0.4, -0.2) is 19.6 Å². The highest BCUT2D eigenvalue weighted by atomic mass is 15.3. The molecule has 0 fully saturated rings. The van der Waals surface area contributed by atoms with E-state index in [1.54, 1.807) is 0 Å². The molecule has 2 heterocycles. The van der Waals surface area contributed by atoms with Crippen molar-refractivity contribution in [1.29, 1.82) is 0 Å². The normalized spacial score (nSPS) is 11.0. The molecule has 0 saturated carbocycles. The van der Waals surface area contributed by atoms with Gasteiger partial charge in [-0.3, -0.25) is 0 Å². The largest absolute Gasteiger partial charge is 0.238 e. The zero-order chi connectivity index (χ0) is 18.6. The van der Waals surface area contributed by atoms with Gasteiger partial charge in [-0.05, 0) is 69.5 Å². The molecule has 4 aromatic rings. The van der Waals surface area contributed by atoms with E-state index < -0.39 is 0 Å². The van der Waals surface area contributed by atoms with Crippen molar-refractivity contribution < 1.29 is 0 Å². The molecule has 0 saturated heterocycles. The Morgan fingerprint density at radius 3 is 1.44 bits per heavy atom. The molecule has 4 heteroatoms. The predicted octanol–water partition coefficient (Wildman–Crippen LogP) is 4.85. The highest BCUT2D eigenvalue weighted by Gasteiger charge is 2.10. The molecule has 0 amide bonds. The molecule has 0 bridgehead atoms. The number of aromatic nitrogens is 4. The Morgan fingerprint density at radius 1 is 0.630 bits per heavy atom. The SMILES string of the molecule is Cc1cc(CCCc2cc(C)nn2-c2ccccc2)n(-c2ccccc2)n1. The van der Waals surface area contributed by atoms with Crippen LogP contribution in [0.15, 0.2) is 72.8 Å². The standard InChI is InChI=1S/C23H24N4/c1-18-16-22(26(24-18)20-10-5-3-6-11-20)14-9-15-23-17-19(2)25-27(23)21-12-7-4-8-13-21/h3-8,10-13,16-17H,9,14-15H2,1-2H3. The molecule has 0 radical (unpaired) electrons. The van der Waals surface area contributed by atoms with E-state index in [0.29, 0.717) is 0 Å². The summed E-state index contributed by atoms with van der Waals surface area (Å²) in [5.74, 6) is 0. The van der Waals surface area contributed by atoms with Gasteiger partial charge in [0, 0.05) is 11.4 Å². The molecule has 2 aromatic carbocycles. The van der Waals surface area contributed by atoms with Crippen LogP contribution in [0.25, 0.3) is 11.4 Å². The Kier molecular flexibility index (Phi) is 4.88. The lowest BCUT2D eigenvalue weighted by Crippen LogP contribution is -2.05. The van der Waals surface area contributed by atoms with Crippen LogP contribution in [0.3, 0.4) is 0 Å². The smallest absolute Gasteiger partial charge is 0.0648 e. The molecule has 2 aromatic heterocycles. The second-order valence-electron chi connectivity index (χ2n) is 6.90. The third-order valence-electron chi connectivity index (χ3n) is 4.68. The molecule has 0 atom stereocenters. The lowest BCUT2D eigenvalue weighted by atomic mass is 10.1. The average molecular weight is 356 g/mol. The minimum Gasteiger partial charge on any atom is -0.238 e. The summed E-state index contributed by atoms with van der Waals surface area (Å²) in [4.78, 5) is 0. The zero-order valence-corrected chi connectivity index (χ0v) is 15.8. The lowest BCUT2D eigenvalue weighted by molar-refractivity contribution is 0.706. The Labute approximate surface area is 160 Å². The fourth-order valence-electron chi connectivity index (χ4n) is 3.50. The van der Waals surface area contributed by atoms with E-state index >= 15 is 0 Å². The second kappa shape index (κ2) is 7.62. The van der Waals surface area contributed by atoms with Gasteiger partial charge in [0.2, 0.25) is 0 Å². The number of benzene rings is 2. The minimum atomic E-state index is 0.981. The highest BCUT2D eigenvalue weighted by molar-refractivity contribution is 5.34. The van der Waals surface area contributed by atoms with Gasteiger partial charge in [0.05, 0.1) is 22.8 Å². The quantitative estimate of drug-likeness (QED) is 0.495. The van der Waals surface area contributed by atoms with Crippen molar-refractivity contribution in [3.8, 4) is 11.4 Å². The van der Waals surface area contributed by atoms with Gasteiger partial charge in [0.25, 0.3) is 0 Å². The summed E-state index contributed by atoms with van der Waals surface area (Å²) in [5, 5.41) is 9.35. The molecule has 0 aliphatic heterocycles. The van der Waals surface area contributed by atoms with E-state index in [-0.39, 0.29) is 0 Å². The van der Waals surface area contributed by atoms with E-state index in [1.165, 1.54) is 11.4 Å². The van der Waals surface area contributed by atoms with Gasteiger partial charge in [-0.1, -0.05) is 36.4 Å². The fourth-order valence-corrected chi connectivity index (χ4v) is 3.50. The summed E-state index contributed by atoms with van der Waals surface area (Å²) < 4.78 is 4.13. The Hall–Kier alpha value is -3.14. The van der Waals surface area contributed by atoms with E-state index in [2.05, 4.69) is 94.1 Å². The average Bonchev–Trinajstić information content (AvgIpc) is 3.25. The van der Waals surface area contributed by atoms with Gasteiger partial charge in [-0.25, -0.2) is 9.36 Å². The van der Waals surface area contributed by atoms with Gasteiger partial charge < -0.3 is 0 Å². The summed E-state index contributed by atoms with van der Waals surface area (Å²) in [7, 11) is 0. The number of aryl methyl sites for hydroxylation is 4. The Bertz CT molecular complexity index is 929. The molecule has 136 valence electrons. The lowest BCUT2D eigenvalue weighted by Gasteiger charge is -2.09. The van der Waals surface area contributed by atoms with E-state index in [9.17, 15) is 0 Å². The number of hydrogen-bond donors (Lipinski definition) is 0. The first-order valence-electron chi connectivity index (χ1n) is 9.42. The summed E-state index contributed by atoms with van der Waals surface area (Å²) in [6.45, 7) is 4.10. The molecular formula is C23H24N4. The monoisotopic (exact) mass is 356 g/mol. The zero-order valence-electron chi connectivity index (χ0n) is 15.8. The summed E-state index contributed by atoms with van der Waals surface area (Å²) in [6.07, 6.45) is 3.01. The van der Waals surface area contributed by atoms with Crippen molar-refractivity contribution in [3.05, 3.63) is 95.6 Å². The van der Waals surface area contributed by atoms with Crippen molar-refractivity contribution in [2.24, 2.45) is 0 Å². The maximum atomic E-state index is 4.67. The predicted molar refractivity (Wildman–Crippen MR) is 109 cm³/mol. The molecule has 27 heavy (non-hydrogen) atoms. The van der Waals surface area contributed by atoms with Gasteiger partial charge in [0.1, 0.15) is 0 Å². The van der Waals surface area contributed by atoms with Crippen LogP contribution < -0.4 is 0 Å². The molecule has 0 N–H and O–H groups in total. The fraction of sp³-hybridized carbons (Fsp3) is 0.217. The van der Waals surface area contributed by atoms with Crippen LogP contribution in [0.2, 0.25) is 0 Å². The van der Waals surface area contributed by atoms with Crippen LogP contribution in [0.4, 0.5) is 0 Å². The third kappa shape index (κ3) is 3.85. The second-order valence-corrected chi connectivity index (χ2v) is 6.90. The first-order chi connectivity index (χ1) is 13.2. The minimum absolute atomic E-state index is 0.981. The Morgan fingerprint density at radius 2 is 1.04 bits per heavy atom. The van der Waals surface area contributed by atoms with Crippen molar-refractivity contribution >= 4 is 0 Å². The molecule has 4 nitrogen and oxygen atoms in total. The first kappa shape index (κ1) is 17.3. The van der Waals surface area contributed by atoms with Crippen LogP contribution >= 0.6 is 0 Å². The Balaban J connectivity index is 1.51. The van der Waals surface area contributed by atoms with Gasteiger partial charge in [-0.2, -0.15) is 10.2 Å². The summed E-state index contributed by atoms with van der Waals surface area (Å²) in [6, 6.07) is 25.1. The summed E-state index contributed by atoms with van der Waals surface area (Å²) in [5.41, 5.74) is 6.84. The van der Waals surface area contributed by atoms with Crippen LogP contribution in [0, 0.1) is 13.8 Å². The molecule has 0 aliphatic carbocycles. The third-order valence-corrected chi connectivity index (χ3v) is 4.68. The molecule has 0 unspecified atom stereocenters. The number of hydrogen-bond acceptors (Lipinski definition) is 2. The molecule has 0 aliphatic rings. The van der Waals surface area contributed by atoms with E-state index in [4.69, 9.17) is 0 Å². The van der Waals surface area contributed by atoms with Gasteiger partial charge in [0.15, 0.2) is 0 Å². The number of para-hydroxylation sites is 2. The molecule has 4 rings (SSSR count). The topological polar surface area (TPSA) is 35.6 Å². The van der Waals surface area contributed by atoms with E-state index in [0.717, 1.165) is 42.0 Å². The van der Waals surface area contributed by atoms with Gasteiger partial charge in [-0.15, -0.1) is 0 Å². The number of nitrogens with zero attached hydrogens (tertiary/aromatic N) is 4. The number of rotatable bonds is 6. The molecular weight excluding hydrogens is 332 g/mol. The molecule has 0 spiro atoms. The van der Waals surface area contributed by atoms with Crippen molar-refractivity contribution in [3.63, 3.8) is 0 Å². The van der Waals surface area contributed by atoms with Crippen LogP contribution in [-0.2, 0) is 12.8 Å².